The molecule has 1 amide bonds. The lowest BCUT2D eigenvalue weighted by atomic mass is 9.99. The molecular formula is C19H22N2O4. The molecule has 0 spiro atoms. The molecule has 1 aromatic heterocycles. The van der Waals surface area contributed by atoms with Crippen molar-refractivity contribution in [3.05, 3.63) is 59.8 Å². The quantitative estimate of drug-likeness (QED) is 0.770. The van der Waals surface area contributed by atoms with Crippen LogP contribution in [-0.2, 0) is 11.2 Å². The fraction of sp³-hybridized carbons (Fsp3) is 0.316. The van der Waals surface area contributed by atoms with Gasteiger partial charge in [-0.25, -0.2) is 4.98 Å². The minimum absolute atomic E-state index is 0.0278. The van der Waals surface area contributed by atoms with E-state index in [9.17, 15) is 14.7 Å². The Morgan fingerprint density at radius 3 is 2.48 bits per heavy atom. The van der Waals surface area contributed by atoms with Gasteiger partial charge in [-0.3, -0.25) is 9.59 Å². The van der Waals surface area contributed by atoms with Gasteiger partial charge in [0, 0.05) is 12.6 Å². The molecule has 0 aliphatic rings. The average Bonchev–Trinajstić information content (AvgIpc) is 2.58. The van der Waals surface area contributed by atoms with E-state index in [1.165, 1.54) is 0 Å². The highest BCUT2D eigenvalue weighted by Gasteiger charge is 2.20. The summed E-state index contributed by atoms with van der Waals surface area (Å²) < 4.78 is 5.46. The normalized spacial score (nSPS) is 11.8. The van der Waals surface area contributed by atoms with E-state index >= 15 is 0 Å². The Morgan fingerprint density at radius 2 is 1.84 bits per heavy atom. The van der Waals surface area contributed by atoms with Gasteiger partial charge in [0.05, 0.1) is 12.0 Å². The van der Waals surface area contributed by atoms with Crippen LogP contribution in [0.5, 0.6) is 5.88 Å². The third kappa shape index (κ3) is 5.91. The molecule has 132 valence electrons. The maximum Gasteiger partial charge on any atom is 0.308 e. The van der Waals surface area contributed by atoms with Crippen molar-refractivity contribution in [2.45, 2.75) is 26.4 Å². The first-order valence-electron chi connectivity index (χ1n) is 8.14. The summed E-state index contributed by atoms with van der Waals surface area (Å²) in [5.41, 5.74) is 1.11. The summed E-state index contributed by atoms with van der Waals surface area (Å²) in [6.07, 6.45) is 0.300. The zero-order chi connectivity index (χ0) is 18.2. The maximum absolute atomic E-state index is 12.2. The van der Waals surface area contributed by atoms with Crippen molar-refractivity contribution < 1.29 is 19.4 Å². The van der Waals surface area contributed by atoms with Crippen molar-refractivity contribution >= 4 is 11.9 Å². The molecule has 2 N–H and O–H groups in total. The third-order valence-corrected chi connectivity index (χ3v) is 3.50. The summed E-state index contributed by atoms with van der Waals surface area (Å²) in [4.78, 5) is 27.8. The Labute approximate surface area is 146 Å². The number of carboxylic acid groups (broad SMARTS) is 1. The Balaban J connectivity index is 1.98. The highest BCUT2D eigenvalue weighted by molar-refractivity contribution is 5.92. The summed E-state index contributed by atoms with van der Waals surface area (Å²) in [5, 5.41) is 12.0. The molecule has 6 nitrogen and oxygen atoms in total. The topological polar surface area (TPSA) is 88.5 Å². The molecule has 6 heteroatoms. The van der Waals surface area contributed by atoms with Crippen molar-refractivity contribution in [3.63, 3.8) is 0 Å². The van der Waals surface area contributed by atoms with E-state index in [0.717, 1.165) is 5.56 Å². The average molecular weight is 342 g/mol. The summed E-state index contributed by atoms with van der Waals surface area (Å²) in [6.45, 7) is 3.77. The van der Waals surface area contributed by atoms with E-state index < -0.39 is 17.8 Å². The highest BCUT2D eigenvalue weighted by Crippen LogP contribution is 2.11. The Bertz CT molecular complexity index is 716. The molecule has 0 radical (unpaired) electrons. The first-order valence-corrected chi connectivity index (χ1v) is 8.14. The molecule has 1 heterocycles. The molecule has 1 unspecified atom stereocenters. The lowest BCUT2D eigenvalue weighted by molar-refractivity contribution is -0.141. The van der Waals surface area contributed by atoms with Crippen LogP contribution in [0, 0.1) is 5.92 Å². The molecule has 2 rings (SSSR count). The van der Waals surface area contributed by atoms with Gasteiger partial charge in [-0.1, -0.05) is 36.4 Å². The fourth-order valence-corrected chi connectivity index (χ4v) is 2.30. The van der Waals surface area contributed by atoms with Crippen LogP contribution in [0.2, 0.25) is 0 Å². The standard InChI is InChI=1S/C19H22N2O4/c1-13(2)25-17-10-6-9-16(21-17)18(22)20-12-15(19(23)24)11-14-7-4-3-5-8-14/h3-10,13,15H,11-12H2,1-2H3,(H,20,22)(H,23,24). The van der Waals surface area contributed by atoms with Crippen molar-refractivity contribution in [2.75, 3.05) is 6.54 Å². The number of carbonyl (C=O) groups is 2. The fourth-order valence-electron chi connectivity index (χ4n) is 2.30. The zero-order valence-corrected chi connectivity index (χ0v) is 14.3. The predicted molar refractivity (Wildman–Crippen MR) is 93.6 cm³/mol. The summed E-state index contributed by atoms with van der Waals surface area (Å²) >= 11 is 0. The summed E-state index contributed by atoms with van der Waals surface area (Å²) in [6, 6.07) is 14.2. The maximum atomic E-state index is 12.2. The Hall–Kier alpha value is -2.89. The van der Waals surface area contributed by atoms with Crippen molar-refractivity contribution in [1.82, 2.24) is 10.3 Å². The van der Waals surface area contributed by atoms with Crippen molar-refractivity contribution in [3.8, 4) is 5.88 Å². The van der Waals surface area contributed by atoms with Gasteiger partial charge in [0.1, 0.15) is 5.69 Å². The summed E-state index contributed by atoms with van der Waals surface area (Å²) in [7, 11) is 0. The van der Waals surface area contributed by atoms with E-state index in [-0.39, 0.29) is 18.3 Å². The number of benzene rings is 1. The van der Waals surface area contributed by atoms with Gasteiger partial charge in [0.25, 0.3) is 5.91 Å². The molecule has 0 saturated heterocycles. The van der Waals surface area contributed by atoms with Gasteiger partial charge in [-0.2, -0.15) is 0 Å². The van der Waals surface area contributed by atoms with Crippen LogP contribution in [0.25, 0.3) is 0 Å². The number of pyridine rings is 1. The monoisotopic (exact) mass is 342 g/mol. The Morgan fingerprint density at radius 1 is 1.12 bits per heavy atom. The van der Waals surface area contributed by atoms with Crippen LogP contribution < -0.4 is 10.1 Å². The minimum Gasteiger partial charge on any atom is -0.481 e. The second kappa shape index (κ2) is 8.82. The van der Waals surface area contributed by atoms with Crippen LogP contribution in [0.15, 0.2) is 48.5 Å². The molecule has 0 saturated carbocycles. The molecule has 0 bridgehead atoms. The smallest absolute Gasteiger partial charge is 0.308 e. The van der Waals surface area contributed by atoms with Crippen molar-refractivity contribution in [2.24, 2.45) is 5.92 Å². The second-order valence-corrected chi connectivity index (χ2v) is 5.96. The van der Waals surface area contributed by atoms with E-state index in [1.54, 1.807) is 18.2 Å². The van der Waals surface area contributed by atoms with Gasteiger partial charge < -0.3 is 15.2 Å². The number of nitrogens with one attached hydrogen (secondary N) is 1. The second-order valence-electron chi connectivity index (χ2n) is 5.96. The number of amides is 1. The van der Waals surface area contributed by atoms with Crippen LogP contribution in [0.4, 0.5) is 0 Å². The lowest BCUT2D eigenvalue weighted by Crippen LogP contribution is -2.34. The molecule has 0 fully saturated rings. The number of ether oxygens (including phenoxy) is 1. The predicted octanol–water partition coefficient (Wildman–Crippen LogP) is 2.54. The number of carboxylic acids is 1. The van der Waals surface area contributed by atoms with Crippen molar-refractivity contribution in [1.29, 1.82) is 0 Å². The first-order chi connectivity index (χ1) is 12.0. The number of aromatic nitrogens is 1. The largest absolute Gasteiger partial charge is 0.481 e. The summed E-state index contributed by atoms with van der Waals surface area (Å²) in [5.74, 6) is -1.72. The van der Waals surface area contributed by atoms with E-state index in [4.69, 9.17) is 4.74 Å². The number of aliphatic carboxylic acids is 1. The molecular weight excluding hydrogens is 320 g/mol. The molecule has 0 aliphatic heterocycles. The van der Waals surface area contributed by atoms with Crippen LogP contribution >= 0.6 is 0 Å². The van der Waals surface area contributed by atoms with Crippen LogP contribution in [0.1, 0.15) is 29.9 Å². The highest BCUT2D eigenvalue weighted by atomic mass is 16.5. The number of carbonyl (C=O) groups excluding carboxylic acids is 1. The van der Waals surface area contributed by atoms with E-state index in [1.807, 2.05) is 44.2 Å². The molecule has 2 aromatic rings. The van der Waals surface area contributed by atoms with Gasteiger partial charge >= 0.3 is 5.97 Å². The van der Waals surface area contributed by atoms with E-state index in [2.05, 4.69) is 10.3 Å². The molecule has 25 heavy (non-hydrogen) atoms. The minimum atomic E-state index is -0.950. The lowest BCUT2D eigenvalue weighted by Gasteiger charge is -2.14. The molecule has 0 aliphatic carbocycles. The van der Waals surface area contributed by atoms with Gasteiger partial charge in [0.15, 0.2) is 0 Å². The number of hydrogen-bond acceptors (Lipinski definition) is 4. The third-order valence-electron chi connectivity index (χ3n) is 3.50. The van der Waals surface area contributed by atoms with Gasteiger partial charge in [-0.15, -0.1) is 0 Å². The van der Waals surface area contributed by atoms with Crippen LogP contribution in [-0.4, -0.2) is 34.6 Å². The van der Waals surface area contributed by atoms with Gasteiger partial charge in [-0.05, 0) is 31.9 Å². The zero-order valence-electron chi connectivity index (χ0n) is 14.3. The van der Waals surface area contributed by atoms with Crippen LogP contribution in [0.3, 0.4) is 0 Å². The first kappa shape index (κ1) is 18.4. The number of nitrogens with zero attached hydrogens (tertiary/aromatic N) is 1. The van der Waals surface area contributed by atoms with E-state index in [0.29, 0.717) is 12.3 Å². The number of hydrogen-bond donors (Lipinski definition) is 2. The Kier molecular flexibility index (Phi) is 6.51. The molecule has 1 aromatic carbocycles. The molecule has 1 atom stereocenters. The number of rotatable bonds is 8. The SMILES string of the molecule is CC(C)Oc1cccc(C(=O)NCC(Cc2ccccc2)C(=O)O)n1. The van der Waals surface area contributed by atoms with Gasteiger partial charge in [0.2, 0.25) is 5.88 Å².